The van der Waals surface area contributed by atoms with Crippen molar-refractivity contribution in [1.29, 1.82) is 0 Å². The molecule has 2 rings (SSSR count). The van der Waals surface area contributed by atoms with Crippen LogP contribution in [0, 0.1) is 5.92 Å². The van der Waals surface area contributed by atoms with Gasteiger partial charge in [-0.25, -0.2) is 4.98 Å². The van der Waals surface area contributed by atoms with Crippen molar-refractivity contribution >= 4 is 11.3 Å². The highest BCUT2D eigenvalue weighted by molar-refractivity contribution is 7.09. The third-order valence-electron chi connectivity index (χ3n) is 2.88. The van der Waals surface area contributed by atoms with Gasteiger partial charge in [-0.2, -0.15) is 0 Å². The zero-order valence-electron chi connectivity index (χ0n) is 8.35. The third-order valence-corrected chi connectivity index (χ3v) is 3.68. The molecule has 2 heterocycles. The second kappa shape index (κ2) is 4.38. The van der Waals surface area contributed by atoms with Gasteiger partial charge in [-0.15, -0.1) is 11.3 Å². The number of nitrogens with zero attached hydrogens (tertiary/aromatic N) is 1. The maximum Gasteiger partial charge on any atom is 0.0940 e. The van der Waals surface area contributed by atoms with E-state index in [0.29, 0.717) is 12.0 Å². The Morgan fingerprint density at radius 1 is 1.79 bits per heavy atom. The second-order valence-electron chi connectivity index (χ2n) is 3.82. The summed E-state index contributed by atoms with van der Waals surface area (Å²) in [5, 5.41) is 3.13. The number of nitrogens with two attached hydrogens (primary N) is 1. The molecular weight excluding hydrogens is 196 g/mol. The Balaban J connectivity index is 1.92. The lowest BCUT2D eigenvalue weighted by atomic mass is 9.92. The lowest BCUT2D eigenvalue weighted by molar-refractivity contribution is 0.0995. The molecule has 0 amide bonds. The number of hydrogen-bond acceptors (Lipinski definition) is 4. The minimum atomic E-state index is 0.193. The fourth-order valence-corrected chi connectivity index (χ4v) is 2.71. The van der Waals surface area contributed by atoms with Crippen LogP contribution < -0.4 is 5.73 Å². The quantitative estimate of drug-likeness (QED) is 0.824. The summed E-state index contributed by atoms with van der Waals surface area (Å²) < 4.78 is 5.51. The van der Waals surface area contributed by atoms with Gasteiger partial charge in [0.05, 0.1) is 11.1 Å². The first-order chi connectivity index (χ1) is 6.77. The molecule has 1 aromatic heterocycles. The Morgan fingerprint density at radius 2 is 2.64 bits per heavy atom. The van der Waals surface area contributed by atoms with Crippen LogP contribution >= 0.6 is 11.3 Å². The maximum atomic E-state index is 6.15. The lowest BCUT2D eigenvalue weighted by Gasteiger charge is -2.20. The number of rotatable bonds is 3. The van der Waals surface area contributed by atoms with E-state index in [1.807, 2.05) is 11.6 Å². The predicted molar refractivity (Wildman–Crippen MR) is 57.3 cm³/mol. The minimum absolute atomic E-state index is 0.193. The molecule has 0 radical (unpaired) electrons. The van der Waals surface area contributed by atoms with Crippen LogP contribution in [0.3, 0.4) is 0 Å². The number of hydrogen-bond donors (Lipinski definition) is 1. The fraction of sp³-hybridized carbons (Fsp3) is 0.700. The first kappa shape index (κ1) is 10.1. The summed E-state index contributed by atoms with van der Waals surface area (Å²) in [5.41, 5.74) is 6.15. The predicted octanol–water partition coefficient (Wildman–Crippen LogP) is 1.44. The summed E-state index contributed by atoms with van der Waals surface area (Å²) in [7, 11) is 0. The van der Waals surface area contributed by atoms with E-state index in [1.54, 1.807) is 11.3 Å². The van der Waals surface area contributed by atoms with Gasteiger partial charge in [-0.1, -0.05) is 0 Å². The van der Waals surface area contributed by atoms with Crippen LogP contribution in [0.15, 0.2) is 11.6 Å². The largest absolute Gasteiger partial charge is 0.378 e. The normalized spacial score (nSPS) is 29.3. The molecule has 0 spiro atoms. The smallest absolute Gasteiger partial charge is 0.0940 e. The maximum absolute atomic E-state index is 6.15. The third kappa shape index (κ3) is 2.13. The lowest BCUT2D eigenvalue weighted by Crippen LogP contribution is -2.35. The van der Waals surface area contributed by atoms with E-state index < -0.39 is 0 Å². The molecule has 0 aliphatic carbocycles. The van der Waals surface area contributed by atoms with E-state index in [2.05, 4.69) is 11.9 Å². The van der Waals surface area contributed by atoms with Crippen LogP contribution in [0.1, 0.15) is 18.4 Å². The van der Waals surface area contributed by atoms with Crippen molar-refractivity contribution in [2.75, 3.05) is 6.61 Å². The summed E-state index contributed by atoms with van der Waals surface area (Å²) in [6, 6.07) is 0.193. The van der Waals surface area contributed by atoms with Crippen molar-refractivity contribution in [1.82, 2.24) is 4.98 Å². The first-order valence-electron chi connectivity index (χ1n) is 5.03. The molecule has 0 aromatic carbocycles. The van der Waals surface area contributed by atoms with Crippen molar-refractivity contribution in [3.05, 3.63) is 16.6 Å². The Hall–Kier alpha value is -0.450. The standard InChI is InChI=1S/C10H16N2OS/c1-7-8(2-4-13-7)9(11)6-10-12-3-5-14-10/h3,5,7-9H,2,4,6,11H2,1H3. The molecule has 1 saturated heterocycles. The van der Waals surface area contributed by atoms with Crippen molar-refractivity contribution in [2.45, 2.75) is 31.9 Å². The van der Waals surface area contributed by atoms with E-state index in [0.717, 1.165) is 24.5 Å². The van der Waals surface area contributed by atoms with Crippen molar-refractivity contribution in [3.63, 3.8) is 0 Å². The van der Waals surface area contributed by atoms with Gasteiger partial charge in [0, 0.05) is 36.6 Å². The van der Waals surface area contributed by atoms with Gasteiger partial charge >= 0.3 is 0 Å². The zero-order valence-corrected chi connectivity index (χ0v) is 9.17. The molecule has 78 valence electrons. The van der Waals surface area contributed by atoms with E-state index in [9.17, 15) is 0 Å². The van der Waals surface area contributed by atoms with Gasteiger partial charge in [0.1, 0.15) is 0 Å². The van der Waals surface area contributed by atoms with Crippen molar-refractivity contribution in [3.8, 4) is 0 Å². The molecule has 1 aliphatic rings. The molecular formula is C10H16N2OS. The van der Waals surface area contributed by atoms with Gasteiger partial charge < -0.3 is 10.5 Å². The molecule has 3 unspecified atom stereocenters. The topological polar surface area (TPSA) is 48.1 Å². The van der Waals surface area contributed by atoms with Gasteiger partial charge in [-0.3, -0.25) is 0 Å². The van der Waals surface area contributed by atoms with E-state index >= 15 is 0 Å². The SMILES string of the molecule is CC1OCCC1C(N)Cc1nccs1. The van der Waals surface area contributed by atoms with Gasteiger partial charge in [-0.05, 0) is 13.3 Å². The molecule has 3 nitrogen and oxygen atoms in total. The number of aromatic nitrogens is 1. The zero-order chi connectivity index (χ0) is 9.97. The highest BCUT2D eigenvalue weighted by Crippen LogP contribution is 2.24. The summed E-state index contributed by atoms with van der Waals surface area (Å²) >= 11 is 1.68. The number of ether oxygens (including phenoxy) is 1. The fourth-order valence-electron chi connectivity index (χ4n) is 2.02. The summed E-state index contributed by atoms with van der Waals surface area (Å²) in [6.45, 7) is 2.97. The molecule has 14 heavy (non-hydrogen) atoms. The van der Waals surface area contributed by atoms with Crippen molar-refractivity contribution < 1.29 is 4.74 Å². The minimum Gasteiger partial charge on any atom is -0.378 e. The van der Waals surface area contributed by atoms with Gasteiger partial charge in [0.25, 0.3) is 0 Å². The highest BCUT2D eigenvalue weighted by Gasteiger charge is 2.29. The van der Waals surface area contributed by atoms with Crippen LogP contribution in [-0.2, 0) is 11.2 Å². The van der Waals surface area contributed by atoms with Crippen LogP contribution in [-0.4, -0.2) is 23.7 Å². The van der Waals surface area contributed by atoms with Gasteiger partial charge in [0.15, 0.2) is 0 Å². The van der Waals surface area contributed by atoms with E-state index in [1.165, 1.54) is 0 Å². The summed E-state index contributed by atoms with van der Waals surface area (Å²) in [6.07, 6.45) is 4.12. The highest BCUT2D eigenvalue weighted by atomic mass is 32.1. The number of thiazole rings is 1. The average Bonchev–Trinajstić information content (AvgIpc) is 2.75. The van der Waals surface area contributed by atoms with Crippen LogP contribution in [0.4, 0.5) is 0 Å². The van der Waals surface area contributed by atoms with Crippen LogP contribution in [0.5, 0.6) is 0 Å². The second-order valence-corrected chi connectivity index (χ2v) is 4.80. The van der Waals surface area contributed by atoms with E-state index in [-0.39, 0.29) is 6.04 Å². The Labute approximate surface area is 88.3 Å². The molecule has 3 atom stereocenters. The molecule has 1 aromatic rings. The van der Waals surface area contributed by atoms with Gasteiger partial charge in [0.2, 0.25) is 0 Å². The van der Waals surface area contributed by atoms with Crippen LogP contribution in [0.2, 0.25) is 0 Å². The molecule has 1 aliphatic heterocycles. The van der Waals surface area contributed by atoms with Crippen LogP contribution in [0.25, 0.3) is 0 Å². The average molecular weight is 212 g/mol. The summed E-state index contributed by atoms with van der Waals surface area (Å²) in [4.78, 5) is 4.25. The van der Waals surface area contributed by atoms with Crippen molar-refractivity contribution in [2.24, 2.45) is 11.7 Å². The Bertz CT molecular complexity index is 276. The summed E-state index contributed by atoms with van der Waals surface area (Å²) in [5.74, 6) is 0.499. The molecule has 0 saturated carbocycles. The molecule has 4 heteroatoms. The molecule has 0 bridgehead atoms. The monoisotopic (exact) mass is 212 g/mol. The van der Waals surface area contributed by atoms with E-state index in [4.69, 9.17) is 10.5 Å². The molecule has 1 fully saturated rings. The first-order valence-corrected chi connectivity index (χ1v) is 5.91. The molecule has 2 N–H and O–H groups in total. The Morgan fingerprint density at radius 3 is 3.21 bits per heavy atom. The Kier molecular flexibility index (Phi) is 3.15.